The number of benzene rings is 2. The van der Waals surface area contributed by atoms with Gasteiger partial charge in [-0.2, -0.15) is 4.57 Å². The van der Waals surface area contributed by atoms with Crippen molar-refractivity contribution >= 4 is 33.7 Å². The van der Waals surface area contributed by atoms with Gasteiger partial charge in [-0.1, -0.05) is 29.5 Å². The van der Waals surface area contributed by atoms with Gasteiger partial charge >= 0.3 is 0 Å². The molecule has 0 spiro atoms. The van der Waals surface area contributed by atoms with Gasteiger partial charge in [-0.05, 0) is 36.8 Å². The van der Waals surface area contributed by atoms with E-state index in [2.05, 4.69) is 23.6 Å². The lowest BCUT2D eigenvalue weighted by Gasteiger charge is -1.98. The topological polar surface area (TPSA) is 44.3 Å². The number of hydrogen-bond donors (Lipinski definition) is 2. The number of phenolic OH excluding ortho intramolecular Hbond substituents is 2. The van der Waals surface area contributed by atoms with Crippen LogP contribution < -0.4 is 4.57 Å². The second-order valence-electron chi connectivity index (χ2n) is 4.73. The van der Waals surface area contributed by atoms with Gasteiger partial charge in [0.2, 0.25) is 5.52 Å². The summed E-state index contributed by atoms with van der Waals surface area (Å²) in [5.74, 6) is -0.200. The lowest BCUT2D eigenvalue weighted by molar-refractivity contribution is -0.665. The molecule has 2 aromatic carbocycles. The van der Waals surface area contributed by atoms with Gasteiger partial charge in [-0.25, -0.2) is 0 Å². The first kappa shape index (κ1) is 13.6. The van der Waals surface area contributed by atoms with Gasteiger partial charge in [-0.15, -0.1) is 0 Å². The first-order valence-electron chi connectivity index (χ1n) is 6.80. The fourth-order valence-electron chi connectivity index (χ4n) is 2.31. The Bertz CT molecular complexity index is 821. The van der Waals surface area contributed by atoms with Crippen LogP contribution in [0, 0.1) is 0 Å². The van der Waals surface area contributed by atoms with Crippen molar-refractivity contribution in [3.8, 4) is 11.5 Å². The van der Waals surface area contributed by atoms with Gasteiger partial charge in [0.05, 0.1) is 0 Å². The van der Waals surface area contributed by atoms with Crippen LogP contribution >= 0.6 is 11.3 Å². The van der Waals surface area contributed by atoms with Crippen molar-refractivity contribution in [3.63, 3.8) is 0 Å². The highest BCUT2D eigenvalue weighted by molar-refractivity contribution is 7.18. The molecule has 0 aliphatic carbocycles. The number of fused-ring (bicyclic) bond motifs is 1. The fourth-order valence-corrected chi connectivity index (χ4v) is 3.44. The van der Waals surface area contributed by atoms with Crippen LogP contribution in [0.15, 0.2) is 42.5 Å². The number of aromatic nitrogens is 1. The zero-order chi connectivity index (χ0) is 14.8. The number of rotatable bonds is 3. The number of aromatic hydroxyl groups is 2. The van der Waals surface area contributed by atoms with Crippen LogP contribution in [-0.2, 0) is 6.54 Å². The van der Waals surface area contributed by atoms with Gasteiger partial charge in [0, 0.05) is 12.1 Å². The van der Waals surface area contributed by atoms with Gasteiger partial charge < -0.3 is 10.2 Å². The zero-order valence-electron chi connectivity index (χ0n) is 11.7. The molecule has 0 radical (unpaired) electrons. The molecule has 0 aliphatic rings. The van der Waals surface area contributed by atoms with E-state index < -0.39 is 0 Å². The predicted molar refractivity (Wildman–Crippen MR) is 86.4 cm³/mol. The fraction of sp³-hybridized carbons (Fsp3) is 0.118. The van der Waals surface area contributed by atoms with Crippen LogP contribution in [0.25, 0.3) is 22.4 Å². The summed E-state index contributed by atoms with van der Waals surface area (Å²) in [6.07, 6.45) is 3.98. The smallest absolute Gasteiger partial charge is 0.262 e. The third-order valence-corrected chi connectivity index (χ3v) is 4.50. The van der Waals surface area contributed by atoms with E-state index in [9.17, 15) is 10.2 Å². The predicted octanol–water partition coefficient (Wildman–Crippen LogP) is 3.79. The van der Waals surface area contributed by atoms with Gasteiger partial charge in [0.15, 0.2) is 11.5 Å². The van der Waals surface area contributed by atoms with Crippen molar-refractivity contribution in [2.24, 2.45) is 0 Å². The van der Waals surface area contributed by atoms with Gasteiger partial charge in [0.1, 0.15) is 11.2 Å². The summed E-state index contributed by atoms with van der Waals surface area (Å²) in [6, 6.07) is 13.2. The average Bonchev–Trinajstić information content (AvgIpc) is 2.86. The summed E-state index contributed by atoms with van der Waals surface area (Å²) in [6.45, 7) is 3.04. The summed E-state index contributed by atoms with van der Waals surface area (Å²) >= 11 is 1.74. The van der Waals surface area contributed by atoms with E-state index in [4.69, 9.17) is 0 Å². The van der Waals surface area contributed by atoms with Crippen molar-refractivity contribution in [2.75, 3.05) is 0 Å². The Hall–Kier alpha value is -2.33. The highest BCUT2D eigenvalue weighted by Crippen LogP contribution is 2.26. The first-order chi connectivity index (χ1) is 10.2. The molecule has 4 heteroatoms. The summed E-state index contributed by atoms with van der Waals surface area (Å²) in [4.78, 5) is 0. The molecule has 0 saturated carbocycles. The molecule has 3 aromatic rings. The number of thiazole rings is 1. The minimum atomic E-state index is -0.100. The normalized spacial score (nSPS) is 11.5. The monoisotopic (exact) mass is 298 g/mol. The standard InChI is InChI=1S/C17H15NO2S/c1-2-18-13-5-3-4-6-16(13)21-17(18)10-8-12-7-9-14(19)15(20)11-12/h3-11,20H,2H2,1H3/p+1. The Morgan fingerprint density at radius 2 is 1.86 bits per heavy atom. The number of aryl methyl sites for hydroxylation is 1. The van der Waals surface area contributed by atoms with Gasteiger partial charge in [0.25, 0.3) is 5.01 Å². The summed E-state index contributed by atoms with van der Waals surface area (Å²) < 4.78 is 3.52. The highest BCUT2D eigenvalue weighted by atomic mass is 32.1. The van der Waals surface area contributed by atoms with Crippen molar-refractivity contribution in [1.29, 1.82) is 0 Å². The van der Waals surface area contributed by atoms with Crippen molar-refractivity contribution in [2.45, 2.75) is 13.5 Å². The highest BCUT2D eigenvalue weighted by Gasteiger charge is 2.15. The van der Waals surface area contributed by atoms with E-state index in [1.807, 2.05) is 24.3 Å². The van der Waals surface area contributed by atoms with Crippen molar-refractivity contribution in [1.82, 2.24) is 0 Å². The molecule has 0 fully saturated rings. The molecule has 0 atom stereocenters. The lowest BCUT2D eigenvalue weighted by Crippen LogP contribution is -2.33. The molecule has 0 aliphatic heterocycles. The average molecular weight is 298 g/mol. The van der Waals surface area contributed by atoms with Gasteiger partial charge in [-0.3, -0.25) is 0 Å². The summed E-state index contributed by atoms with van der Waals surface area (Å²) in [5, 5.41) is 20.0. The molecular formula is C17H16NO2S+. The summed E-state index contributed by atoms with van der Waals surface area (Å²) in [7, 11) is 0. The van der Waals surface area contributed by atoms with Crippen LogP contribution in [-0.4, -0.2) is 10.2 Å². The Balaban J connectivity index is 2.00. The van der Waals surface area contributed by atoms with Crippen molar-refractivity contribution in [3.05, 3.63) is 53.0 Å². The minimum Gasteiger partial charge on any atom is -0.504 e. The van der Waals surface area contributed by atoms with Crippen LogP contribution in [0.3, 0.4) is 0 Å². The number of nitrogens with zero attached hydrogens (tertiary/aromatic N) is 1. The molecule has 2 N–H and O–H groups in total. The maximum atomic E-state index is 9.53. The van der Waals surface area contributed by atoms with Crippen LogP contribution in [0.2, 0.25) is 0 Å². The molecule has 0 bridgehead atoms. The molecule has 3 rings (SSSR count). The second-order valence-corrected chi connectivity index (χ2v) is 5.80. The molecule has 1 heterocycles. The third-order valence-electron chi connectivity index (χ3n) is 3.37. The molecular weight excluding hydrogens is 282 g/mol. The molecule has 1 aromatic heterocycles. The van der Waals surface area contributed by atoms with E-state index >= 15 is 0 Å². The van der Waals surface area contributed by atoms with E-state index in [0.29, 0.717) is 0 Å². The SMILES string of the molecule is CC[n+]1c(C=Cc2ccc(O)c(O)c2)sc2ccccc21. The maximum absolute atomic E-state index is 9.53. The largest absolute Gasteiger partial charge is 0.504 e. The van der Waals surface area contributed by atoms with Crippen LogP contribution in [0.5, 0.6) is 11.5 Å². The van der Waals surface area contributed by atoms with E-state index in [0.717, 1.165) is 17.1 Å². The zero-order valence-corrected chi connectivity index (χ0v) is 12.5. The lowest BCUT2D eigenvalue weighted by atomic mass is 10.2. The Kier molecular flexibility index (Phi) is 3.62. The first-order valence-corrected chi connectivity index (χ1v) is 7.62. The molecule has 106 valence electrons. The summed E-state index contributed by atoms with van der Waals surface area (Å²) in [5.41, 5.74) is 2.09. The van der Waals surface area contributed by atoms with E-state index in [1.54, 1.807) is 23.5 Å². The molecule has 3 nitrogen and oxygen atoms in total. The van der Waals surface area contributed by atoms with E-state index in [1.165, 1.54) is 16.3 Å². The van der Waals surface area contributed by atoms with Crippen molar-refractivity contribution < 1.29 is 14.8 Å². The Morgan fingerprint density at radius 3 is 2.62 bits per heavy atom. The Morgan fingerprint density at radius 1 is 1.05 bits per heavy atom. The van der Waals surface area contributed by atoms with E-state index in [-0.39, 0.29) is 11.5 Å². The number of hydrogen-bond acceptors (Lipinski definition) is 3. The number of para-hydroxylation sites is 1. The van der Waals surface area contributed by atoms with Crippen LogP contribution in [0.1, 0.15) is 17.5 Å². The Labute approximate surface area is 127 Å². The number of phenols is 2. The minimum absolute atomic E-state index is 0.0994. The second kappa shape index (κ2) is 5.58. The maximum Gasteiger partial charge on any atom is 0.262 e. The quantitative estimate of drug-likeness (QED) is 0.571. The van der Waals surface area contributed by atoms with Crippen LogP contribution in [0.4, 0.5) is 0 Å². The molecule has 0 saturated heterocycles. The molecule has 21 heavy (non-hydrogen) atoms. The molecule has 0 unspecified atom stereocenters. The third kappa shape index (κ3) is 2.62. The molecule has 0 amide bonds.